The molecule has 36 heavy (non-hydrogen) atoms. The van der Waals surface area contributed by atoms with Crippen LogP contribution < -0.4 is 9.47 Å². The van der Waals surface area contributed by atoms with E-state index in [4.69, 9.17) is 9.47 Å². The molecule has 2 aliphatic rings. The zero-order valence-electron chi connectivity index (χ0n) is 18.3. The van der Waals surface area contributed by atoms with Gasteiger partial charge in [-0.15, -0.1) is 0 Å². The summed E-state index contributed by atoms with van der Waals surface area (Å²) < 4.78 is 20.9. The highest BCUT2D eigenvalue weighted by molar-refractivity contribution is 6.16. The van der Waals surface area contributed by atoms with Gasteiger partial charge in [0.25, 0.3) is 0 Å². The second-order valence-electron chi connectivity index (χ2n) is 7.99. The summed E-state index contributed by atoms with van der Waals surface area (Å²) in [5.74, 6) is -1.05. The van der Waals surface area contributed by atoms with Gasteiger partial charge in [0.2, 0.25) is 0 Å². The van der Waals surface area contributed by atoms with Crippen LogP contribution in [0.5, 0.6) is 23.0 Å². The number of fused-ring (bicyclic) bond motifs is 2. The molecule has 0 unspecified atom stereocenters. The van der Waals surface area contributed by atoms with Gasteiger partial charge in [-0.25, -0.2) is 19.2 Å². The minimum atomic E-state index is -0.724. The number of hydrogen-bond donors (Lipinski definition) is 0. The lowest BCUT2D eigenvalue weighted by molar-refractivity contribution is 0.0425. The lowest BCUT2D eigenvalue weighted by Crippen LogP contribution is -1.98. The van der Waals surface area contributed by atoms with E-state index in [9.17, 15) is 19.2 Å². The average Bonchev–Trinajstić information content (AvgIpc) is 3.34. The first-order chi connectivity index (χ1) is 17.5. The second kappa shape index (κ2) is 8.21. The summed E-state index contributed by atoms with van der Waals surface area (Å²) in [6.45, 7) is 0. The Morgan fingerprint density at radius 3 is 1.72 bits per heavy atom. The number of ether oxygens (including phenoxy) is 4. The van der Waals surface area contributed by atoms with Crippen LogP contribution >= 0.6 is 0 Å². The molecule has 8 heteroatoms. The van der Waals surface area contributed by atoms with E-state index in [1.807, 2.05) is 24.3 Å². The van der Waals surface area contributed by atoms with Crippen LogP contribution in [0.2, 0.25) is 0 Å². The van der Waals surface area contributed by atoms with Gasteiger partial charge in [-0.1, -0.05) is 30.3 Å². The maximum Gasteiger partial charge on any atom is 0.350 e. The van der Waals surface area contributed by atoms with E-state index in [2.05, 4.69) is 9.47 Å². The van der Waals surface area contributed by atoms with Gasteiger partial charge >= 0.3 is 23.9 Å². The first-order valence-electron chi connectivity index (χ1n) is 10.8. The Bertz CT molecular complexity index is 1580. The van der Waals surface area contributed by atoms with Gasteiger partial charge in [0.1, 0.15) is 28.6 Å². The monoisotopic (exact) mass is 478 g/mol. The van der Waals surface area contributed by atoms with Gasteiger partial charge in [-0.3, -0.25) is 0 Å². The minimum Gasteiger partial charge on any atom is -0.457 e. The molecule has 0 fully saturated rings. The minimum absolute atomic E-state index is 0.119. The predicted octanol–water partition coefficient (Wildman–Crippen LogP) is 5.56. The van der Waals surface area contributed by atoms with Crippen molar-refractivity contribution in [1.82, 2.24) is 0 Å². The Morgan fingerprint density at radius 2 is 1.03 bits per heavy atom. The lowest BCUT2D eigenvalue weighted by atomic mass is 10.1. The number of esters is 4. The highest BCUT2D eigenvalue weighted by atomic mass is 16.6. The largest absolute Gasteiger partial charge is 0.457 e. The van der Waals surface area contributed by atoms with Gasteiger partial charge in [0.15, 0.2) is 0 Å². The summed E-state index contributed by atoms with van der Waals surface area (Å²) in [5, 5.41) is 0. The van der Waals surface area contributed by atoms with Gasteiger partial charge in [0.05, 0.1) is 16.7 Å². The normalized spacial score (nSPS) is 13.7. The molecule has 0 bridgehead atoms. The molecule has 0 aliphatic carbocycles. The average molecular weight is 478 g/mol. The van der Waals surface area contributed by atoms with E-state index >= 15 is 0 Å². The summed E-state index contributed by atoms with van der Waals surface area (Å²) in [7, 11) is 0. The molecule has 0 saturated heterocycles. The maximum atomic E-state index is 12.0. The molecule has 0 atom stereocenters. The number of benzene rings is 4. The van der Waals surface area contributed by atoms with Gasteiger partial charge in [0, 0.05) is 0 Å². The second-order valence-corrected chi connectivity index (χ2v) is 7.99. The highest BCUT2D eigenvalue weighted by Gasteiger charge is 2.33. The quantitative estimate of drug-likeness (QED) is 0.271. The number of hydrogen-bond acceptors (Lipinski definition) is 8. The molecule has 4 aromatic rings. The summed E-state index contributed by atoms with van der Waals surface area (Å²) in [6.07, 6.45) is 0. The number of carbonyl (C=O) groups is 4. The van der Waals surface area contributed by atoms with E-state index in [1.54, 1.807) is 42.5 Å². The molecule has 0 aromatic heterocycles. The van der Waals surface area contributed by atoms with Crippen LogP contribution in [-0.4, -0.2) is 23.9 Å². The van der Waals surface area contributed by atoms with Crippen LogP contribution in [-0.2, 0) is 9.47 Å². The fourth-order valence-corrected chi connectivity index (χ4v) is 4.01. The molecule has 0 amide bonds. The summed E-state index contributed by atoms with van der Waals surface area (Å²) in [6, 6.07) is 23.9. The van der Waals surface area contributed by atoms with Crippen LogP contribution in [0.4, 0.5) is 0 Å². The molecule has 6 rings (SSSR count). The molecule has 4 aromatic carbocycles. The van der Waals surface area contributed by atoms with Crippen molar-refractivity contribution in [2.75, 3.05) is 0 Å². The SMILES string of the molecule is O=C1OC(=O)c2cc(Oc3ccc(-c4ccc(Oc5cccc6c5C(=O)OC6=O)cc4)cc3)ccc21. The Labute approximate surface area is 203 Å². The van der Waals surface area contributed by atoms with Crippen molar-refractivity contribution >= 4 is 23.9 Å². The Hall–Kier alpha value is -5.24. The van der Waals surface area contributed by atoms with Gasteiger partial charge < -0.3 is 18.9 Å². The van der Waals surface area contributed by atoms with Crippen LogP contribution in [0.15, 0.2) is 84.9 Å². The standard InChI is InChI=1S/C28H14O8/c29-25-20-13-12-19(14-22(20)27(31)35-25)33-17-8-4-15(5-9-17)16-6-10-18(11-7-16)34-23-3-1-2-21-24(23)28(32)36-26(21)30/h1-14H. The third-order valence-corrected chi connectivity index (χ3v) is 5.76. The summed E-state index contributed by atoms with van der Waals surface area (Å²) in [5.41, 5.74) is 2.55. The third-order valence-electron chi connectivity index (χ3n) is 5.76. The molecule has 0 saturated carbocycles. The molecule has 0 N–H and O–H groups in total. The number of carbonyl (C=O) groups excluding carboxylic acids is 4. The first-order valence-corrected chi connectivity index (χ1v) is 10.8. The highest BCUT2D eigenvalue weighted by Crippen LogP contribution is 2.34. The van der Waals surface area contributed by atoms with E-state index in [0.29, 0.717) is 17.2 Å². The van der Waals surface area contributed by atoms with E-state index in [0.717, 1.165) is 11.1 Å². The molecule has 2 heterocycles. The van der Waals surface area contributed by atoms with E-state index in [-0.39, 0.29) is 28.0 Å². The maximum absolute atomic E-state index is 12.0. The molecule has 0 spiro atoms. The Kier molecular flexibility index (Phi) is 4.86. The smallest absolute Gasteiger partial charge is 0.350 e. The third kappa shape index (κ3) is 3.67. The first kappa shape index (κ1) is 21.3. The molecular weight excluding hydrogens is 464 g/mol. The molecular formula is C28H14O8. The lowest BCUT2D eigenvalue weighted by Gasteiger charge is -2.10. The van der Waals surface area contributed by atoms with Gasteiger partial charge in [-0.05, 0) is 65.7 Å². The van der Waals surface area contributed by atoms with E-state index in [1.165, 1.54) is 18.2 Å². The predicted molar refractivity (Wildman–Crippen MR) is 124 cm³/mol. The molecule has 174 valence electrons. The van der Waals surface area contributed by atoms with Crippen LogP contribution in [0.1, 0.15) is 41.4 Å². The van der Waals surface area contributed by atoms with Crippen molar-refractivity contribution < 1.29 is 38.1 Å². The Morgan fingerprint density at radius 1 is 0.472 bits per heavy atom. The van der Waals surface area contributed by atoms with Crippen LogP contribution in [0.3, 0.4) is 0 Å². The summed E-state index contributed by atoms with van der Waals surface area (Å²) in [4.78, 5) is 47.0. The van der Waals surface area contributed by atoms with Crippen molar-refractivity contribution in [3.63, 3.8) is 0 Å². The van der Waals surface area contributed by atoms with Crippen LogP contribution in [0.25, 0.3) is 11.1 Å². The van der Waals surface area contributed by atoms with Crippen LogP contribution in [0, 0.1) is 0 Å². The van der Waals surface area contributed by atoms with Crippen molar-refractivity contribution in [2.45, 2.75) is 0 Å². The summed E-state index contributed by atoms with van der Waals surface area (Å²) >= 11 is 0. The molecule has 8 nitrogen and oxygen atoms in total. The van der Waals surface area contributed by atoms with E-state index < -0.39 is 23.9 Å². The fourth-order valence-electron chi connectivity index (χ4n) is 4.01. The Balaban J connectivity index is 1.17. The fraction of sp³-hybridized carbons (Fsp3) is 0. The van der Waals surface area contributed by atoms with Gasteiger partial charge in [-0.2, -0.15) is 0 Å². The number of rotatable bonds is 5. The molecule has 0 radical (unpaired) electrons. The molecule has 2 aliphatic heterocycles. The van der Waals surface area contributed by atoms with Crippen molar-refractivity contribution in [2.24, 2.45) is 0 Å². The van der Waals surface area contributed by atoms with Crippen molar-refractivity contribution in [1.29, 1.82) is 0 Å². The van der Waals surface area contributed by atoms with Crippen molar-refractivity contribution in [3.05, 3.63) is 107 Å². The number of cyclic esters (lactones) is 4. The van der Waals surface area contributed by atoms with Crippen molar-refractivity contribution in [3.8, 4) is 34.1 Å². The zero-order valence-corrected chi connectivity index (χ0v) is 18.3. The topological polar surface area (TPSA) is 105 Å². The zero-order chi connectivity index (χ0) is 24.8.